The molecule has 5 rings (SSSR count). The molecule has 10 heteroatoms. The second-order valence-electron chi connectivity index (χ2n) is 8.23. The number of aromatic nitrogens is 4. The third-order valence-corrected chi connectivity index (χ3v) is 6.50. The lowest BCUT2D eigenvalue weighted by Gasteiger charge is -2.17. The van der Waals surface area contributed by atoms with Crippen LogP contribution in [0.2, 0.25) is 5.02 Å². The van der Waals surface area contributed by atoms with Crippen molar-refractivity contribution < 1.29 is 18.7 Å². The Balaban J connectivity index is 1.49. The fourth-order valence-electron chi connectivity index (χ4n) is 4.15. The van der Waals surface area contributed by atoms with Crippen LogP contribution in [0.3, 0.4) is 0 Å². The van der Waals surface area contributed by atoms with E-state index in [1.54, 1.807) is 32.4 Å². The van der Waals surface area contributed by atoms with Gasteiger partial charge in [0.15, 0.2) is 11.5 Å². The predicted octanol–water partition coefficient (Wildman–Crippen LogP) is 5.01. The molecule has 0 saturated heterocycles. The Morgan fingerprint density at radius 1 is 1.03 bits per heavy atom. The Kier molecular flexibility index (Phi) is 5.86. The SMILES string of the molecule is COc1ccc(-c2ccc(NC(=O)C3(c4ccc(F)c(Cl)c4)CC3)cc2-c2nn[nH]n2)cc1OC. The molecule has 2 N–H and O–H groups in total. The topological polar surface area (TPSA) is 102 Å². The number of hydrogen-bond acceptors (Lipinski definition) is 6. The molecule has 3 aromatic carbocycles. The van der Waals surface area contributed by atoms with Crippen LogP contribution in [0.15, 0.2) is 54.6 Å². The Morgan fingerprint density at radius 3 is 2.49 bits per heavy atom. The maximum Gasteiger partial charge on any atom is 0.235 e. The summed E-state index contributed by atoms with van der Waals surface area (Å²) in [6.45, 7) is 0. The smallest absolute Gasteiger partial charge is 0.235 e. The van der Waals surface area contributed by atoms with E-state index < -0.39 is 11.2 Å². The van der Waals surface area contributed by atoms with E-state index in [1.165, 1.54) is 12.1 Å². The molecule has 4 aromatic rings. The lowest BCUT2D eigenvalue weighted by Crippen LogP contribution is -2.27. The molecule has 35 heavy (non-hydrogen) atoms. The van der Waals surface area contributed by atoms with Gasteiger partial charge < -0.3 is 14.8 Å². The van der Waals surface area contributed by atoms with Crippen LogP contribution in [0, 0.1) is 5.82 Å². The Morgan fingerprint density at radius 2 is 1.83 bits per heavy atom. The summed E-state index contributed by atoms with van der Waals surface area (Å²) in [6.07, 6.45) is 1.31. The number of nitrogens with one attached hydrogen (secondary N) is 2. The normalized spacial score (nSPS) is 13.8. The van der Waals surface area contributed by atoms with Gasteiger partial charge in [-0.15, -0.1) is 10.2 Å². The summed E-state index contributed by atoms with van der Waals surface area (Å²) in [6, 6.07) is 15.5. The number of rotatable bonds is 7. The minimum atomic E-state index is -0.730. The van der Waals surface area contributed by atoms with Gasteiger partial charge in [-0.1, -0.05) is 29.8 Å². The minimum absolute atomic E-state index is 0.000223. The van der Waals surface area contributed by atoms with Crippen molar-refractivity contribution in [2.75, 3.05) is 19.5 Å². The van der Waals surface area contributed by atoms with E-state index in [2.05, 4.69) is 25.9 Å². The zero-order chi connectivity index (χ0) is 24.6. The highest BCUT2D eigenvalue weighted by molar-refractivity contribution is 6.30. The maximum absolute atomic E-state index is 13.6. The van der Waals surface area contributed by atoms with E-state index in [0.29, 0.717) is 47.0 Å². The number of halogens is 2. The average molecular weight is 494 g/mol. The number of carbonyl (C=O) groups excluding carboxylic acids is 1. The van der Waals surface area contributed by atoms with Crippen molar-refractivity contribution in [2.45, 2.75) is 18.3 Å². The molecule has 0 aliphatic heterocycles. The maximum atomic E-state index is 13.6. The molecule has 0 atom stereocenters. The highest BCUT2D eigenvalue weighted by Gasteiger charge is 2.51. The lowest BCUT2D eigenvalue weighted by molar-refractivity contribution is -0.118. The van der Waals surface area contributed by atoms with E-state index in [1.807, 2.05) is 24.3 Å². The molecular formula is C25H21ClFN5O3. The molecule has 8 nitrogen and oxygen atoms in total. The molecule has 178 valence electrons. The molecule has 0 radical (unpaired) electrons. The van der Waals surface area contributed by atoms with Crippen LogP contribution in [-0.4, -0.2) is 40.8 Å². The average Bonchev–Trinajstić information content (AvgIpc) is 3.51. The molecule has 1 aliphatic carbocycles. The number of H-pyrrole nitrogens is 1. The van der Waals surface area contributed by atoms with Crippen LogP contribution in [0.1, 0.15) is 18.4 Å². The molecular weight excluding hydrogens is 473 g/mol. The largest absolute Gasteiger partial charge is 0.493 e. The van der Waals surface area contributed by atoms with Crippen molar-refractivity contribution in [1.82, 2.24) is 20.6 Å². The standard InChI is InChI=1S/C25H21ClFN5O3/c1-34-21-8-3-14(11-22(21)35-2)17-6-5-16(13-18(17)23-29-31-32-30-23)28-24(33)25(9-10-25)15-4-7-20(27)19(26)12-15/h3-8,11-13H,9-10H2,1-2H3,(H,28,33)(H,29,30,31,32). The number of methoxy groups -OCH3 is 2. The molecule has 1 aromatic heterocycles. The van der Waals surface area contributed by atoms with Crippen molar-refractivity contribution in [1.29, 1.82) is 0 Å². The first-order valence-corrected chi connectivity index (χ1v) is 11.2. The van der Waals surface area contributed by atoms with Gasteiger partial charge in [-0.05, 0) is 71.1 Å². The number of amides is 1. The van der Waals surface area contributed by atoms with Crippen LogP contribution in [0.5, 0.6) is 11.5 Å². The Labute approximate surface area is 205 Å². The second-order valence-corrected chi connectivity index (χ2v) is 8.64. The van der Waals surface area contributed by atoms with Gasteiger partial charge in [0.25, 0.3) is 0 Å². The van der Waals surface area contributed by atoms with E-state index in [9.17, 15) is 9.18 Å². The fourth-order valence-corrected chi connectivity index (χ4v) is 4.34. The molecule has 1 aliphatic rings. The third kappa shape index (κ3) is 4.19. The molecule has 1 amide bonds. The summed E-state index contributed by atoms with van der Waals surface area (Å²) in [7, 11) is 3.15. The first-order valence-electron chi connectivity index (χ1n) is 10.8. The number of ether oxygens (including phenoxy) is 2. The number of nitrogens with zero attached hydrogens (tertiary/aromatic N) is 3. The summed E-state index contributed by atoms with van der Waals surface area (Å²) in [5, 5.41) is 17.4. The minimum Gasteiger partial charge on any atom is -0.493 e. The number of hydrogen-bond donors (Lipinski definition) is 2. The molecule has 0 unspecified atom stereocenters. The number of aromatic amines is 1. The first-order chi connectivity index (χ1) is 16.9. The molecule has 1 fully saturated rings. The van der Waals surface area contributed by atoms with E-state index in [4.69, 9.17) is 21.1 Å². The summed E-state index contributed by atoms with van der Waals surface area (Å²) < 4.78 is 24.4. The number of benzene rings is 3. The van der Waals surface area contributed by atoms with Crippen molar-refractivity contribution >= 4 is 23.2 Å². The van der Waals surface area contributed by atoms with Crippen molar-refractivity contribution in [3.8, 4) is 34.0 Å². The number of carbonyl (C=O) groups is 1. The molecule has 0 bridgehead atoms. The Hall–Kier alpha value is -3.98. The summed E-state index contributed by atoms with van der Waals surface area (Å²) in [5.41, 5.74) is 2.86. The van der Waals surface area contributed by atoms with Crippen LogP contribution in [-0.2, 0) is 10.2 Å². The summed E-state index contributed by atoms with van der Waals surface area (Å²) >= 11 is 5.96. The molecule has 1 heterocycles. The van der Waals surface area contributed by atoms with E-state index in [0.717, 1.165) is 11.1 Å². The van der Waals surface area contributed by atoms with Gasteiger partial charge in [0.2, 0.25) is 11.7 Å². The van der Waals surface area contributed by atoms with Crippen LogP contribution >= 0.6 is 11.6 Å². The van der Waals surface area contributed by atoms with E-state index >= 15 is 0 Å². The quantitative estimate of drug-likeness (QED) is 0.375. The van der Waals surface area contributed by atoms with Crippen molar-refractivity contribution in [2.24, 2.45) is 0 Å². The van der Waals surface area contributed by atoms with Gasteiger partial charge in [0.1, 0.15) is 5.82 Å². The zero-order valence-electron chi connectivity index (χ0n) is 18.9. The lowest BCUT2D eigenvalue weighted by atomic mass is 9.94. The second kappa shape index (κ2) is 8.99. The van der Waals surface area contributed by atoms with Gasteiger partial charge >= 0.3 is 0 Å². The predicted molar refractivity (Wildman–Crippen MR) is 129 cm³/mol. The number of anilines is 1. The highest BCUT2D eigenvalue weighted by Crippen LogP contribution is 2.50. The fraction of sp³-hybridized carbons (Fsp3) is 0.200. The molecule has 1 saturated carbocycles. The zero-order valence-corrected chi connectivity index (χ0v) is 19.7. The van der Waals surface area contributed by atoms with Crippen LogP contribution < -0.4 is 14.8 Å². The molecule has 0 spiro atoms. The van der Waals surface area contributed by atoms with Crippen LogP contribution in [0.4, 0.5) is 10.1 Å². The summed E-state index contributed by atoms with van der Waals surface area (Å²) in [5.74, 6) is 0.865. The first kappa shape index (κ1) is 22.8. The van der Waals surface area contributed by atoms with Gasteiger partial charge in [-0.2, -0.15) is 5.21 Å². The Bertz CT molecular complexity index is 1410. The summed E-state index contributed by atoms with van der Waals surface area (Å²) in [4.78, 5) is 13.3. The van der Waals surface area contributed by atoms with Crippen LogP contribution in [0.25, 0.3) is 22.5 Å². The van der Waals surface area contributed by atoms with Gasteiger partial charge in [0.05, 0.1) is 24.7 Å². The van der Waals surface area contributed by atoms with Gasteiger partial charge in [0, 0.05) is 11.3 Å². The number of tetrazole rings is 1. The highest BCUT2D eigenvalue weighted by atomic mass is 35.5. The third-order valence-electron chi connectivity index (χ3n) is 6.22. The van der Waals surface area contributed by atoms with Gasteiger partial charge in [-0.25, -0.2) is 4.39 Å². The van der Waals surface area contributed by atoms with E-state index in [-0.39, 0.29) is 10.9 Å². The van der Waals surface area contributed by atoms with Crippen molar-refractivity contribution in [3.63, 3.8) is 0 Å². The monoisotopic (exact) mass is 493 g/mol. The van der Waals surface area contributed by atoms with Crippen molar-refractivity contribution in [3.05, 3.63) is 71.0 Å². The van der Waals surface area contributed by atoms with Gasteiger partial charge in [-0.3, -0.25) is 4.79 Å².